The van der Waals surface area contributed by atoms with E-state index >= 15 is 0 Å². The van der Waals surface area contributed by atoms with Crippen LogP contribution in [0.25, 0.3) is 21.8 Å². The summed E-state index contributed by atoms with van der Waals surface area (Å²) in [6.45, 7) is 0.165. The molecule has 0 spiro atoms. The number of sulfonamides is 1. The molecular formula is C23H24N4O3S. The fourth-order valence-electron chi connectivity index (χ4n) is 4.60. The van der Waals surface area contributed by atoms with Crippen LogP contribution in [0.1, 0.15) is 30.1 Å². The number of para-hydroxylation sites is 1. The van der Waals surface area contributed by atoms with Crippen LogP contribution >= 0.6 is 0 Å². The van der Waals surface area contributed by atoms with Crippen LogP contribution in [0.2, 0.25) is 0 Å². The summed E-state index contributed by atoms with van der Waals surface area (Å²) in [5.74, 6) is -0.0736. The van der Waals surface area contributed by atoms with Crippen molar-refractivity contribution in [1.82, 2.24) is 14.9 Å². The van der Waals surface area contributed by atoms with Crippen LogP contribution in [-0.2, 0) is 27.8 Å². The molecule has 0 saturated carbocycles. The second kappa shape index (κ2) is 7.46. The Morgan fingerprint density at radius 2 is 1.97 bits per heavy atom. The maximum absolute atomic E-state index is 12.9. The molecule has 2 aromatic carbocycles. The Morgan fingerprint density at radius 1 is 1.13 bits per heavy atom. The van der Waals surface area contributed by atoms with Gasteiger partial charge in [-0.25, -0.2) is 8.42 Å². The van der Waals surface area contributed by atoms with Crippen LogP contribution in [0.5, 0.6) is 0 Å². The fraction of sp³-hybridized carbons (Fsp3) is 0.261. The molecule has 160 valence electrons. The van der Waals surface area contributed by atoms with E-state index in [-0.39, 0.29) is 18.5 Å². The highest BCUT2D eigenvalue weighted by Crippen LogP contribution is 2.34. The molecule has 0 radical (unpaired) electrons. The topological polar surface area (TPSA) is 96.0 Å². The number of aromatic nitrogens is 2. The minimum atomic E-state index is -3.38. The summed E-state index contributed by atoms with van der Waals surface area (Å²) in [7, 11) is -3.38. The minimum Gasteiger partial charge on any atom is -0.356 e. The first-order chi connectivity index (χ1) is 14.9. The molecule has 1 amide bonds. The van der Waals surface area contributed by atoms with Crippen LogP contribution in [0, 0.1) is 0 Å². The number of benzene rings is 2. The molecule has 31 heavy (non-hydrogen) atoms. The third-order valence-corrected chi connectivity index (χ3v) is 6.46. The Hall–Kier alpha value is -3.26. The zero-order valence-corrected chi connectivity index (χ0v) is 18.0. The number of nitrogens with one attached hydrogen (secondary N) is 3. The van der Waals surface area contributed by atoms with Crippen molar-refractivity contribution in [3.63, 3.8) is 0 Å². The van der Waals surface area contributed by atoms with Crippen LogP contribution < -0.4 is 10.0 Å². The molecule has 1 aliphatic rings. The van der Waals surface area contributed by atoms with Gasteiger partial charge in [0.25, 0.3) is 0 Å². The summed E-state index contributed by atoms with van der Waals surface area (Å²) in [5, 5.41) is 5.18. The van der Waals surface area contributed by atoms with Crippen LogP contribution in [-0.4, -0.2) is 30.1 Å². The molecule has 8 heteroatoms. The average molecular weight is 437 g/mol. The quantitative estimate of drug-likeness (QED) is 0.445. The number of aryl methyl sites for hydroxylation is 1. The van der Waals surface area contributed by atoms with Gasteiger partial charge in [0.1, 0.15) is 6.54 Å². The summed E-state index contributed by atoms with van der Waals surface area (Å²) in [5.41, 5.74) is 4.83. The molecule has 0 bridgehead atoms. The minimum absolute atomic E-state index is 0.0343. The number of carbonyl (C=O) groups excluding carboxylic acids is 1. The van der Waals surface area contributed by atoms with Gasteiger partial charge in [0.05, 0.1) is 23.5 Å². The van der Waals surface area contributed by atoms with E-state index in [1.54, 1.807) is 12.1 Å². The lowest BCUT2D eigenvalue weighted by Gasteiger charge is -2.24. The standard InChI is InChI=1S/C23H24N4O3S/c1-31(29,30)26-19-9-5-11-21-17(19)12-13-27(21)14-22(28)24-20-10-4-7-16-15-6-2-3-8-18(15)25-23(16)20/h2-3,5-6,8-9,11-13,20,25-26H,4,7,10,14H2,1H3,(H,24,28). The highest BCUT2D eigenvalue weighted by Gasteiger charge is 2.25. The first-order valence-electron chi connectivity index (χ1n) is 10.3. The third-order valence-electron chi connectivity index (χ3n) is 5.87. The number of rotatable bonds is 5. The Bertz CT molecular complexity index is 1400. The highest BCUT2D eigenvalue weighted by molar-refractivity contribution is 7.92. The van der Waals surface area contributed by atoms with Crippen molar-refractivity contribution in [3.8, 4) is 0 Å². The predicted octanol–water partition coefficient (Wildman–Crippen LogP) is 3.69. The van der Waals surface area contributed by atoms with Gasteiger partial charge in [0.2, 0.25) is 15.9 Å². The van der Waals surface area contributed by atoms with E-state index in [0.29, 0.717) is 5.69 Å². The van der Waals surface area contributed by atoms with Gasteiger partial charge in [-0.2, -0.15) is 0 Å². The number of hydrogen-bond donors (Lipinski definition) is 3. The summed E-state index contributed by atoms with van der Waals surface area (Å²) in [6.07, 6.45) is 5.89. The van der Waals surface area contributed by atoms with Gasteiger partial charge in [-0.3, -0.25) is 9.52 Å². The molecule has 3 N–H and O–H groups in total. The average Bonchev–Trinajstić information content (AvgIpc) is 3.30. The van der Waals surface area contributed by atoms with Crippen molar-refractivity contribution in [2.24, 2.45) is 0 Å². The lowest BCUT2D eigenvalue weighted by Crippen LogP contribution is -2.33. The number of anilines is 1. The molecule has 0 aliphatic heterocycles. The Kier molecular flexibility index (Phi) is 4.74. The zero-order valence-electron chi connectivity index (χ0n) is 17.2. The van der Waals surface area contributed by atoms with E-state index in [0.717, 1.165) is 47.6 Å². The van der Waals surface area contributed by atoms with E-state index in [9.17, 15) is 13.2 Å². The molecular weight excluding hydrogens is 412 g/mol. The number of H-pyrrole nitrogens is 1. The Morgan fingerprint density at radius 3 is 2.81 bits per heavy atom. The van der Waals surface area contributed by atoms with Gasteiger partial charge in [-0.15, -0.1) is 0 Å². The number of hydrogen-bond acceptors (Lipinski definition) is 3. The summed E-state index contributed by atoms with van der Waals surface area (Å²) >= 11 is 0. The summed E-state index contributed by atoms with van der Waals surface area (Å²) in [4.78, 5) is 16.4. The van der Waals surface area contributed by atoms with E-state index < -0.39 is 10.0 Å². The number of nitrogens with zero attached hydrogens (tertiary/aromatic N) is 1. The SMILES string of the molecule is CS(=O)(=O)Nc1cccc2c1ccn2CC(=O)NC1CCCc2c1[nH]c1ccccc21. The highest BCUT2D eigenvalue weighted by atomic mass is 32.2. The first kappa shape index (κ1) is 19.7. The van der Waals surface area contributed by atoms with Crippen molar-refractivity contribution in [2.75, 3.05) is 11.0 Å². The first-order valence-corrected chi connectivity index (χ1v) is 12.2. The summed E-state index contributed by atoms with van der Waals surface area (Å²) in [6, 6.07) is 15.4. The maximum Gasteiger partial charge on any atom is 0.240 e. The van der Waals surface area contributed by atoms with Gasteiger partial charge in [-0.05, 0) is 49.1 Å². The second-order valence-electron chi connectivity index (χ2n) is 8.13. The number of fused-ring (bicyclic) bond motifs is 4. The molecule has 0 fully saturated rings. The van der Waals surface area contributed by atoms with E-state index in [1.165, 1.54) is 10.9 Å². The Labute approximate surface area is 180 Å². The molecule has 2 heterocycles. The van der Waals surface area contributed by atoms with E-state index in [2.05, 4.69) is 27.2 Å². The monoisotopic (exact) mass is 436 g/mol. The molecule has 7 nitrogen and oxygen atoms in total. The number of carbonyl (C=O) groups is 1. The molecule has 4 aromatic rings. The van der Waals surface area contributed by atoms with Gasteiger partial charge in [0.15, 0.2) is 0 Å². The van der Waals surface area contributed by atoms with Crippen molar-refractivity contribution >= 4 is 43.4 Å². The van der Waals surface area contributed by atoms with Gasteiger partial charge >= 0.3 is 0 Å². The molecule has 1 unspecified atom stereocenters. The van der Waals surface area contributed by atoms with Crippen LogP contribution in [0.15, 0.2) is 54.7 Å². The van der Waals surface area contributed by atoms with Crippen LogP contribution in [0.3, 0.4) is 0 Å². The largest absolute Gasteiger partial charge is 0.356 e. The maximum atomic E-state index is 12.9. The lowest BCUT2D eigenvalue weighted by molar-refractivity contribution is -0.122. The number of amides is 1. The fourth-order valence-corrected chi connectivity index (χ4v) is 5.18. The molecule has 1 atom stereocenters. The smallest absolute Gasteiger partial charge is 0.240 e. The van der Waals surface area contributed by atoms with Crippen molar-refractivity contribution < 1.29 is 13.2 Å². The van der Waals surface area contributed by atoms with E-state index in [1.807, 2.05) is 35.0 Å². The van der Waals surface area contributed by atoms with Gasteiger partial charge < -0.3 is 14.9 Å². The van der Waals surface area contributed by atoms with Gasteiger partial charge in [0, 0.05) is 28.2 Å². The molecule has 1 aliphatic carbocycles. The molecule has 2 aromatic heterocycles. The summed E-state index contributed by atoms with van der Waals surface area (Å²) < 4.78 is 27.6. The van der Waals surface area contributed by atoms with Crippen molar-refractivity contribution in [2.45, 2.75) is 31.8 Å². The third kappa shape index (κ3) is 3.79. The normalized spacial score (nSPS) is 16.4. The molecule has 0 saturated heterocycles. The predicted molar refractivity (Wildman–Crippen MR) is 123 cm³/mol. The second-order valence-corrected chi connectivity index (χ2v) is 9.88. The molecule has 5 rings (SSSR count). The number of aromatic amines is 1. The van der Waals surface area contributed by atoms with Gasteiger partial charge in [-0.1, -0.05) is 24.3 Å². The van der Waals surface area contributed by atoms with E-state index in [4.69, 9.17) is 0 Å². The van der Waals surface area contributed by atoms with Crippen molar-refractivity contribution in [3.05, 3.63) is 66.0 Å². The lowest BCUT2D eigenvalue weighted by atomic mass is 9.91. The van der Waals surface area contributed by atoms with Crippen molar-refractivity contribution in [1.29, 1.82) is 0 Å². The Balaban J connectivity index is 1.37. The zero-order chi connectivity index (χ0) is 21.6. The van der Waals surface area contributed by atoms with Crippen LogP contribution in [0.4, 0.5) is 5.69 Å².